The lowest BCUT2D eigenvalue weighted by molar-refractivity contribution is -0.114. The van der Waals surface area contributed by atoms with Crippen LogP contribution < -0.4 is 5.32 Å². The third-order valence-corrected chi connectivity index (χ3v) is 6.11. The van der Waals surface area contributed by atoms with Gasteiger partial charge in [0.05, 0.1) is 0 Å². The Hall–Kier alpha value is -0.520. The van der Waals surface area contributed by atoms with Gasteiger partial charge >= 0.3 is 0 Å². The monoisotopic (exact) mass is 357 g/mol. The van der Waals surface area contributed by atoms with E-state index in [2.05, 4.69) is 33.4 Å². The standard InChI is InChI=1S/C15H20BrNO2S/c1-12(18)17-13-2-4-14(5-3-13)20-11-15(10-16)6-8-19-9-7-15/h2-5H,6-11H2,1H3,(H,17,18). The van der Waals surface area contributed by atoms with Crippen molar-refractivity contribution in [1.82, 2.24) is 0 Å². The third-order valence-electron chi connectivity index (χ3n) is 3.56. The number of benzene rings is 1. The van der Waals surface area contributed by atoms with Crippen LogP contribution in [0.1, 0.15) is 19.8 Å². The molecule has 0 radical (unpaired) electrons. The van der Waals surface area contributed by atoms with Crippen molar-refractivity contribution in [2.45, 2.75) is 24.7 Å². The summed E-state index contributed by atoms with van der Waals surface area (Å²) in [7, 11) is 0. The summed E-state index contributed by atoms with van der Waals surface area (Å²) >= 11 is 5.54. The average Bonchev–Trinajstić information content (AvgIpc) is 2.47. The predicted molar refractivity (Wildman–Crippen MR) is 87.7 cm³/mol. The van der Waals surface area contributed by atoms with Gasteiger partial charge in [-0.25, -0.2) is 0 Å². The molecule has 0 saturated carbocycles. The van der Waals surface area contributed by atoms with Gasteiger partial charge < -0.3 is 10.1 Å². The lowest BCUT2D eigenvalue weighted by Crippen LogP contribution is -2.33. The summed E-state index contributed by atoms with van der Waals surface area (Å²) in [5.41, 5.74) is 1.20. The van der Waals surface area contributed by atoms with Gasteiger partial charge in [0.1, 0.15) is 0 Å². The van der Waals surface area contributed by atoms with Gasteiger partial charge in [0.15, 0.2) is 0 Å². The summed E-state index contributed by atoms with van der Waals surface area (Å²) in [5, 5.41) is 3.81. The van der Waals surface area contributed by atoms with E-state index in [1.165, 1.54) is 11.8 Å². The van der Waals surface area contributed by atoms with Crippen molar-refractivity contribution in [2.24, 2.45) is 5.41 Å². The van der Waals surface area contributed by atoms with Gasteiger partial charge in [-0.15, -0.1) is 11.8 Å². The first-order valence-electron chi connectivity index (χ1n) is 6.78. The Bertz CT molecular complexity index is 444. The van der Waals surface area contributed by atoms with E-state index in [1.807, 2.05) is 23.9 Å². The Labute approximate surface area is 133 Å². The second kappa shape index (κ2) is 7.48. The van der Waals surface area contributed by atoms with Crippen molar-refractivity contribution in [2.75, 3.05) is 29.6 Å². The van der Waals surface area contributed by atoms with Crippen LogP contribution in [0.5, 0.6) is 0 Å². The highest BCUT2D eigenvalue weighted by molar-refractivity contribution is 9.09. The van der Waals surface area contributed by atoms with E-state index < -0.39 is 0 Å². The van der Waals surface area contributed by atoms with Crippen LogP contribution in [0.15, 0.2) is 29.2 Å². The molecule has 1 amide bonds. The summed E-state index contributed by atoms with van der Waals surface area (Å²) in [4.78, 5) is 12.2. The Morgan fingerprint density at radius 2 is 2.00 bits per heavy atom. The molecule has 1 heterocycles. The molecule has 3 nitrogen and oxygen atoms in total. The van der Waals surface area contributed by atoms with Crippen molar-refractivity contribution in [1.29, 1.82) is 0 Å². The van der Waals surface area contributed by atoms with Crippen LogP contribution >= 0.6 is 27.7 Å². The molecule has 1 aliphatic rings. The number of ether oxygens (including phenoxy) is 1. The number of carbonyl (C=O) groups excluding carboxylic acids is 1. The minimum atomic E-state index is -0.0362. The normalized spacial score (nSPS) is 17.7. The molecule has 5 heteroatoms. The van der Waals surface area contributed by atoms with Crippen LogP contribution in [-0.2, 0) is 9.53 Å². The van der Waals surface area contributed by atoms with E-state index >= 15 is 0 Å². The lowest BCUT2D eigenvalue weighted by atomic mass is 9.85. The number of rotatable bonds is 5. The molecule has 0 unspecified atom stereocenters. The Morgan fingerprint density at radius 3 is 2.55 bits per heavy atom. The highest BCUT2D eigenvalue weighted by atomic mass is 79.9. The van der Waals surface area contributed by atoms with Crippen molar-refractivity contribution < 1.29 is 9.53 Å². The Kier molecular flexibility index (Phi) is 5.93. The third kappa shape index (κ3) is 4.50. The SMILES string of the molecule is CC(=O)Nc1ccc(SCC2(CBr)CCOCC2)cc1. The average molecular weight is 358 g/mol. The van der Waals surface area contributed by atoms with E-state index in [9.17, 15) is 4.79 Å². The van der Waals surface area contributed by atoms with Gasteiger partial charge in [0, 0.05) is 41.8 Å². The van der Waals surface area contributed by atoms with Crippen LogP contribution in [0.3, 0.4) is 0 Å². The minimum Gasteiger partial charge on any atom is -0.381 e. The molecular weight excluding hydrogens is 338 g/mol. The van der Waals surface area contributed by atoms with E-state index in [1.54, 1.807) is 0 Å². The van der Waals surface area contributed by atoms with Crippen molar-refractivity contribution >= 4 is 39.3 Å². The molecule has 0 bridgehead atoms. The predicted octanol–water partition coefficient (Wildman–Crippen LogP) is 3.93. The molecule has 0 atom stereocenters. The molecule has 1 aromatic rings. The molecule has 0 aromatic heterocycles. The summed E-state index contributed by atoms with van der Waals surface area (Å²) < 4.78 is 5.46. The molecule has 1 aromatic carbocycles. The zero-order valence-corrected chi connectivity index (χ0v) is 14.1. The molecule has 2 rings (SSSR count). The van der Waals surface area contributed by atoms with E-state index in [0.29, 0.717) is 5.41 Å². The number of carbonyl (C=O) groups is 1. The second-order valence-corrected chi connectivity index (χ2v) is 6.85. The fourth-order valence-electron chi connectivity index (χ4n) is 2.20. The van der Waals surface area contributed by atoms with Crippen LogP contribution in [0, 0.1) is 5.41 Å². The van der Waals surface area contributed by atoms with Crippen molar-refractivity contribution in [3.8, 4) is 0 Å². The van der Waals surface area contributed by atoms with Gasteiger partial charge in [-0.05, 0) is 42.5 Å². The first kappa shape index (κ1) is 15.9. The first-order chi connectivity index (χ1) is 9.63. The number of nitrogens with one attached hydrogen (secondary N) is 1. The zero-order valence-electron chi connectivity index (χ0n) is 11.7. The van der Waals surface area contributed by atoms with Crippen LogP contribution in [0.25, 0.3) is 0 Å². The van der Waals surface area contributed by atoms with Crippen molar-refractivity contribution in [3.05, 3.63) is 24.3 Å². The second-order valence-electron chi connectivity index (χ2n) is 5.24. The maximum atomic E-state index is 11.0. The fourth-order valence-corrected chi connectivity index (χ4v) is 4.41. The largest absolute Gasteiger partial charge is 0.381 e. The van der Waals surface area contributed by atoms with Gasteiger partial charge in [-0.2, -0.15) is 0 Å². The van der Waals surface area contributed by atoms with E-state index in [4.69, 9.17) is 4.74 Å². The number of alkyl halides is 1. The number of hydrogen-bond acceptors (Lipinski definition) is 3. The molecule has 1 saturated heterocycles. The van der Waals surface area contributed by atoms with Gasteiger partial charge in [0.25, 0.3) is 0 Å². The fraction of sp³-hybridized carbons (Fsp3) is 0.533. The summed E-state index contributed by atoms with van der Waals surface area (Å²) in [5.74, 6) is 1.06. The highest BCUT2D eigenvalue weighted by Gasteiger charge is 2.31. The van der Waals surface area contributed by atoms with Gasteiger partial charge in [-0.1, -0.05) is 15.9 Å². The number of halogens is 1. The zero-order chi connectivity index (χ0) is 14.4. The van der Waals surface area contributed by atoms with Crippen LogP contribution in [0.4, 0.5) is 5.69 Å². The molecule has 0 spiro atoms. The summed E-state index contributed by atoms with van der Waals surface area (Å²) in [6.07, 6.45) is 2.24. The summed E-state index contributed by atoms with van der Waals surface area (Å²) in [6, 6.07) is 8.04. The summed E-state index contributed by atoms with van der Waals surface area (Å²) in [6.45, 7) is 3.26. The Balaban J connectivity index is 1.91. The van der Waals surface area contributed by atoms with E-state index in [-0.39, 0.29) is 5.91 Å². The maximum Gasteiger partial charge on any atom is 0.221 e. The smallest absolute Gasteiger partial charge is 0.221 e. The molecule has 1 aliphatic heterocycles. The number of hydrogen-bond donors (Lipinski definition) is 1. The molecule has 1 fully saturated rings. The van der Waals surface area contributed by atoms with E-state index in [0.717, 1.165) is 42.8 Å². The van der Waals surface area contributed by atoms with Crippen LogP contribution in [0.2, 0.25) is 0 Å². The molecule has 20 heavy (non-hydrogen) atoms. The number of amides is 1. The van der Waals surface area contributed by atoms with Gasteiger partial charge in [0.2, 0.25) is 5.91 Å². The van der Waals surface area contributed by atoms with Gasteiger partial charge in [-0.3, -0.25) is 4.79 Å². The number of thioether (sulfide) groups is 1. The van der Waals surface area contributed by atoms with Crippen LogP contribution in [-0.4, -0.2) is 30.2 Å². The maximum absolute atomic E-state index is 11.0. The molecule has 1 N–H and O–H groups in total. The lowest BCUT2D eigenvalue weighted by Gasteiger charge is -2.35. The van der Waals surface area contributed by atoms with Crippen molar-refractivity contribution in [3.63, 3.8) is 0 Å². The molecule has 110 valence electrons. The molecule has 0 aliphatic carbocycles. The first-order valence-corrected chi connectivity index (χ1v) is 8.88. The quantitative estimate of drug-likeness (QED) is 0.640. The minimum absolute atomic E-state index is 0.0362. The topological polar surface area (TPSA) is 38.3 Å². The highest BCUT2D eigenvalue weighted by Crippen LogP contribution is 2.38. The Morgan fingerprint density at radius 1 is 1.35 bits per heavy atom. The number of anilines is 1. The molecular formula is C15H20BrNO2S.